The molecule has 0 bridgehead atoms. The Morgan fingerprint density at radius 3 is 2.55 bits per heavy atom. The maximum Gasteiger partial charge on any atom is 0.335 e. The van der Waals surface area contributed by atoms with Gasteiger partial charge in [-0.2, -0.15) is 0 Å². The summed E-state index contributed by atoms with van der Waals surface area (Å²) in [4.78, 5) is 28.3. The first-order valence-corrected chi connectivity index (χ1v) is 11.2. The number of hydrogen-bond acceptors (Lipinski definition) is 5. The van der Waals surface area contributed by atoms with Crippen LogP contribution in [0.25, 0.3) is 6.08 Å². The Labute approximate surface area is 203 Å². The third-order valence-electron chi connectivity index (χ3n) is 4.54. The smallest absolute Gasteiger partial charge is 0.335 e. The van der Waals surface area contributed by atoms with E-state index in [1.165, 1.54) is 23.9 Å². The number of carboxylic acid groups (broad SMARTS) is 1. The molecule has 1 amide bonds. The highest BCUT2D eigenvalue weighted by atomic mass is 35.5. The summed E-state index contributed by atoms with van der Waals surface area (Å²) in [5.41, 5.74) is 2.24. The number of nitrogens with one attached hydrogen (secondary N) is 1. The van der Waals surface area contributed by atoms with Crippen LogP contribution in [0.2, 0.25) is 10.0 Å². The zero-order valence-electron chi connectivity index (χ0n) is 16.9. The minimum absolute atomic E-state index is 0.161. The first-order chi connectivity index (χ1) is 15.9. The summed E-state index contributed by atoms with van der Waals surface area (Å²) in [5.74, 6) is -0.755. The number of amidine groups is 1. The zero-order valence-corrected chi connectivity index (χ0v) is 19.2. The fourth-order valence-corrected chi connectivity index (χ4v) is 4.20. The van der Waals surface area contributed by atoms with Crippen molar-refractivity contribution in [3.05, 3.63) is 98.4 Å². The molecule has 0 spiro atoms. The SMILES string of the molecule is O=C1NC(=Nc2ccc(C(=O)O)cc2)S/C1=C\c1cc(Cl)ccc1OCc1cccc(Cl)c1. The van der Waals surface area contributed by atoms with E-state index in [1.54, 1.807) is 42.5 Å². The molecule has 0 unspecified atom stereocenters. The second-order valence-electron chi connectivity index (χ2n) is 6.93. The second kappa shape index (κ2) is 10.1. The molecule has 1 aliphatic heterocycles. The zero-order chi connectivity index (χ0) is 23.4. The molecule has 0 radical (unpaired) electrons. The topological polar surface area (TPSA) is 88.0 Å². The van der Waals surface area contributed by atoms with Crippen molar-refractivity contribution >= 4 is 63.8 Å². The van der Waals surface area contributed by atoms with Crippen LogP contribution in [0.1, 0.15) is 21.5 Å². The van der Waals surface area contributed by atoms with Gasteiger partial charge in [-0.25, -0.2) is 9.79 Å². The van der Waals surface area contributed by atoms with Crippen LogP contribution >= 0.6 is 35.0 Å². The Morgan fingerprint density at radius 1 is 1.06 bits per heavy atom. The molecule has 3 aromatic carbocycles. The fourth-order valence-electron chi connectivity index (χ4n) is 2.97. The van der Waals surface area contributed by atoms with E-state index in [-0.39, 0.29) is 11.5 Å². The molecule has 1 aliphatic rings. The Hall–Kier alpha value is -3.26. The predicted molar refractivity (Wildman–Crippen MR) is 131 cm³/mol. The molecule has 1 saturated heterocycles. The number of aromatic carboxylic acids is 1. The van der Waals surface area contributed by atoms with Gasteiger partial charge in [-0.05, 0) is 78.0 Å². The Morgan fingerprint density at radius 2 is 1.82 bits per heavy atom. The fraction of sp³-hybridized carbons (Fsp3) is 0.0417. The number of benzene rings is 3. The number of carboxylic acids is 1. The lowest BCUT2D eigenvalue weighted by Crippen LogP contribution is -2.19. The van der Waals surface area contributed by atoms with Crippen molar-refractivity contribution in [3.8, 4) is 5.75 Å². The molecule has 0 saturated carbocycles. The van der Waals surface area contributed by atoms with Crippen LogP contribution in [-0.4, -0.2) is 22.2 Å². The molecule has 2 N–H and O–H groups in total. The number of nitrogens with zero attached hydrogens (tertiary/aromatic N) is 1. The summed E-state index contributed by atoms with van der Waals surface area (Å²) >= 11 is 13.4. The maximum atomic E-state index is 12.5. The summed E-state index contributed by atoms with van der Waals surface area (Å²) in [6.45, 7) is 0.302. The largest absolute Gasteiger partial charge is 0.488 e. The molecular formula is C24H16Cl2N2O4S. The normalized spacial score (nSPS) is 15.6. The van der Waals surface area contributed by atoms with Crippen LogP contribution in [0.4, 0.5) is 5.69 Å². The van der Waals surface area contributed by atoms with Gasteiger partial charge < -0.3 is 15.2 Å². The van der Waals surface area contributed by atoms with Gasteiger partial charge in [-0.15, -0.1) is 0 Å². The Balaban J connectivity index is 1.53. The molecule has 33 heavy (non-hydrogen) atoms. The number of thioether (sulfide) groups is 1. The van der Waals surface area contributed by atoms with E-state index in [9.17, 15) is 9.59 Å². The van der Waals surface area contributed by atoms with Crippen molar-refractivity contribution in [2.75, 3.05) is 0 Å². The van der Waals surface area contributed by atoms with Gasteiger partial charge in [0.05, 0.1) is 16.2 Å². The van der Waals surface area contributed by atoms with Crippen molar-refractivity contribution in [3.63, 3.8) is 0 Å². The van der Waals surface area contributed by atoms with Gasteiger partial charge >= 0.3 is 5.97 Å². The van der Waals surface area contributed by atoms with Crippen LogP contribution in [0.5, 0.6) is 5.75 Å². The highest BCUT2D eigenvalue weighted by Gasteiger charge is 2.24. The molecule has 0 aromatic heterocycles. The lowest BCUT2D eigenvalue weighted by Gasteiger charge is -2.10. The molecule has 0 atom stereocenters. The molecule has 4 rings (SSSR count). The first-order valence-electron chi connectivity index (χ1n) is 9.67. The van der Waals surface area contributed by atoms with Crippen LogP contribution in [0, 0.1) is 0 Å². The van der Waals surface area contributed by atoms with Crippen molar-refractivity contribution in [2.45, 2.75) is 6.61 Å². The summed E-state index contributed by atoms with van der Waals surface area (Å²) in [6, 6.07) is 18.6. The molecule has 9 heteroatoms. The van der Waals surface area contributed by atoms with Gasteiger partial charge in [-0.3, -0.25) is 4.79 Å². The predicted octanol–water partition coefficient (Wildman–Crippen LogP) is 6.16. The number of carbonyl (C=O) groups excluding carboxylic acids is 1. The van der Waals surface area contributed by atoms with E-state index in [2.05, 4.69) is 10.3 Å². The number of ether oxygens (including phenoxy) is 1. The lowest BCUT2D eigenvalue weighted by molar-refractivity contribution is -0.115. The van der Waals surface area contributed by atoms with Crippen molar-refractivity contribution in [1.29, 1.82) is 0 Å². The molecule has 0 aliphatic carbocycles. The molecule has 6 nitrogen and oxygen atoms in total. The van der Waals surface area contributed by atoms with Gasteiger partial charge in [0.1, 0.15) is 12.4 Å². The highest BCUT2D eigenvalue weighted by molar-refractivity contribution is 8.18. The van der Waals surface area contributed by atoms with E-state index in [0.717, 1.165) is 5.56 Å². The van der Waals surface area contributed by atoms with E-state index in [0.29, 0.717) is 43.7 Å². The van der Waals surface area contributed by atoms with Gasteiger partial charge in [0.2, 0.25) is 0 Å². The van der Waals surface area contributed by atoms with Crippen molar-refractivity contribution < 1.29 is 19.4 Å². The van der Waals surface area contributed by atoms with E-state index < -0.39 is 5.97 Å². The number of hydrogen-bond donors (Lipinski definition) is 2. The third kappa shape index (κ3) is 5.96. The summed E-state index contributed by atoms with van der Waals surface area (Å²) in [6.07, 6.45) is 1.69. The minimum Gasteiger partial charge on any atom is -0.488 e. The van der Waals surface area contributed by atoms with Crippen LogP contribution in [0.15, 0.2) is 76.6 Å². The van der Waals surface area contributed by atoms with Gasteiger partial charge in [0.25, 0.3) is 5.91 Å². The van der Waals surface area contributed by atoms with Gasteiger partial charge in [-0.1, -0.05) is 35.3 Å². The Kier molecular flexibility index (Phi) is 7.03. The third-order valence-corrected chi connectivity index (χ3v) is 5.92. The number of carbonyl (C=O) groups is 2. The minimum atomic E-state index is -1.02. The van der Waals surface area contributed by atoms with E-state index in [4.69, 9.17) is 33.0 Å². The number of halogens is 2. The summed E-state index contributed by atoms with van der Waals surface area (Å²) in [5, 5.41) is 13.2. The molecule has 166 valence electrons. The summed E-state index contributed by atoms with van der Waals surface area (Å²) < 4.78 is 5.95. The standard InChI is InChI=1S/C24H16Cl2N2O4S/c25-17-3-1-2-14(10-17)13-32-20-9-6-18(26)11-16(20)12-21-22(29)28-24(33-21)27-19-7-4-15(5-8-19)23(30)31/h1-12H,13H2,(H,30,31)(H,27,28,29)/b21-12-. The van der Waals surface area contributed by atoms with Crippen molar-refractivity contribution in [1.82, 2.24) is 5.32 Å². The first kappa shape index (κ1) is 22.9. The molecule has 3 aromatic rings. The van der Waals surface area contributed by atoms with E-state index >= 15 is 0 Å². The highest BCUT2D eigenvalue weighted by Crippen LogP contribution is 2.32. The number of rotatable bonds is 6. The molecular weight excluding hydrogens is 483 g/mol. The molecule has 1 fully saturated rings. The number of amides is 1. The van der Waals surface area contributed by atoms with E-state index in [1.807, 2.05) is 18.2 Å². The Bertz CT molecular complexity index is 1290. The maximum absolute atomic E-state index is 12.5. The van der Waals surface area contributed by atoms with Crippen LogP contribution in [-0.2, 0) is 11.4 Å². The molecule has 1 heterocycles. The average molecular weight is 499 g/mol. The monoisotopic (exact) mass is 498 g/mol. The lowest BCUT2D eigenvalue weighted by atomic mass is 10.1. The number of aliphatic imine (C=N–C) groups is 1. The average Bonchev–Trinajstić information content (AvgIpc) is 3.12. The summed E-state index contributed by atoms with van der Waals surface area (Å²) in [7, 11) is 0. The second-order valence-corrected chi connectivity index (χ2v) is 8.84. The van der Waals surface area contributed by atoms with Gasteiger partial charge in [0.15, 0.2) is 5.17 Å². The van der Waals surface area contributed by atoms with Crippen LogP contribution < -0.4 is 10.1 Å². The van der Waals surface area contributed by atoms with Crippen molar-refractivity contribution in [2.24, 2.45) is 4.99 Å². The quantitative estimate of drug-likeness (QED) is 0.397. The van der Waals surface area contributed by atoms with Gasteiger partial charge in [0, 0.05) is 15.6 Å². The van der Waals surface area contributed by atoms with Crippen LogP contribution in [0.3, 0.4) is 0 Å².